The topological polar surface area (TPSA) is 95.1 Å². The molecule has 1 amide bonds. The highest BCUT2D eigenvalue weighted by molar-refractivity contribution is 8.16. The Morgan fingerprint density at radius 1 is 1.32 bits per heavy atom. The molecule has 0 saturated carbocycles. The summed E-state index contributed by atoms with van der Waals surface area (Å²) in [6, 6.07) is 12.4. The Bertz CT molecular complexity index is 818. The molecule has 1 aromatic carbocycles. The number of furan rings is 1. The number of hydrogen-bond acceptors (Lipinski definition) is 6. The molecule has 1 fully saturated rings. The van der Waals surface area contributed by atoms with Gasteiger partial charge in [0.1, 0.15) is 5.25 Å². The van der Waals surface area contributed by atoms with Gasteiger partial charge in [0, 0.05) is 0 Å². The van der Waals surface area contributed by atoms with E-state index < -0.39 is 11.2 Å². The molecule has 0 aliphatic carbocycles. The van der Waals surface area contributed by atoms with Gasteiger partial charge in [0.2, 0.25) is 5.91 Å². The quantitative estimate of drug-likeness (QED) is 0.772. The van der Waals surface area contributed by atoms with Gasteiger partial charge in [-0.25, -0.2) is 0 Å². The van der Waals surface area contributed by atoms with Crippen LogP contribution in [0.5, 0.6) is 0 Å². The molecule has 8 heteroatoms. The van der Waals surface area contributed by atoms with Crippen LogP contribution >= 0.6 is 11.8 Å². The summed E-state index contributed by atoms with van der Waals surface area (Å²) >= 11 is 1.10. The van der Waals surface area contributed by atoms with Crippen molar-refractivity contribution in [2.75, 3.05) is 4.90 Å². The number of para-hydroxylation sites is 1. The molecule has 1 saturated heterocycles. The number of carboxylic acid groups (broad SMARTS) is 1. The summed E-state index contributed by atoms with van der Waals surface area (Å²) in [6.07, 6.45) is 1.24. The molecule has 0 bridgehead atoms. The molecule has 1 aliphatic heterocycles. The van der Waals surface area contributed by atoms with Crippen LogP contribution in [0.4, 0.5) is 5.69 Å². The van der Waals surface area contributed by atoms with Gasteiger partial charge in [0.25, 0.3) is 0 Å². The fraction of sp³-hybridized carbons (Fsp3) is 0.118. The third-order valence-electron chi connectivity index (χ3n) is 3.41. The number of carboxylic acids is 1. The molecule has 1 atom stereocenters. The monoisotopic (exact) mass is 357 g/mol. The molecule has 7 nitrogen and oxygen atoms in total. The van der Waals surface area contributed by atoms with Gasteiger partial charge in [-0.1, -0.05) is 36.5 Å². The Labute approximate surface area is 148 Å². The Morgan fingerprint density at radius 2 is 2.08 bits per heavy atom. The number of hydrogen-bond donors (Lipinski definition) is 2. The van der Waals surface area contributed by atoms with Crippen molar-refractivity contribution in [2.45, 2.75) is 11.7 Å². The Hall–Kier alpha value is -3.00. The van der Waals surface area contributed by atoms with Gasteiger partial charge in [0.05, 0.1) is 24.1 Å². The van der Waals surface area contributed by atoms with Crippen LogP contribution in [0.1, 0.15) is 12.2 Å². The van der Waals surface area contributed by atoms with Gasteiger partial charge < -0.3 is 9.52 Å². The van der Waals surface area contributed by atoms with Gasteiger partial charge >= 0.3 is 5.97 Å². The summed E-state index contributed by atoms with van der Waals surface area (Å²) in [7, 11) is 0. The van der Waals surface area contributed by atoms with E-state index in [1.54, 1.807) is 36.4 Å². The normalized spacial score (nSPS) is 18.6. The second-order valence-corrected chi connectivity index (χ2v) is 6.35. The third-order valence-corrected chi connectivity index (χ3v) is 4.55. The number of nitrogens with zero attached hydrogens (tertiary/aromatic N) is 2. The van der Waals surface area contributed by atoms with E-state index in [1.165, 1.54) is 11.2 Å². The van der Waals surface area contributed by atoms with Gasteiger partial charge in [-0.2, -0.15) is 0 Å². The number of benzene rings is 1. The number of carbonyl (C=O) groups excluding carboxylic acids is 1. The van der Waals surface area contributed by atoms with Gasteiger partial charge in [0.15, 0.2) is 10.9 Å². The fourth-order valence-corrected chi connectivity index (χ4v) is 3.35. The van der Waals surface area contributed by atoms with Gasteiger partial charge in [-0.3, -0.25) is 19.9 Å². The lowest BCUT2D eigenvalue weighted by Gasteiger charge is -2.16. The maximum atomic E-state index is 12.6. The van der Waals surface area contributed by atoms with Crippen LogP contribution in [0.25, 0.3) is 5.70 Å². The van der Waals surface area contributed by atoms with Crippen molar-refractivity contribution in [3.63, 3.8) is 0 Å². The summed E-state index contributed by atoms with van der Waals surface area (Å²) < 4.78 is 5.22. The second kappa shape index (κ2) is 7.27. The molecule has 2 N–H and O–H groups in total. The summed E-state index contributed by atoms with van der Waals surface area (Å²) in [6.45, 7) is 3.82. The third kappa shape index (κ3) is 3.74. The number of aliphatic carboxylic acids is 1. The lowest BCUT2D eigenvalue weighted by atomic mass is 10.2. The van der Waals surface area contributed by atoms with Crippen LogP contribution in [0.3, 0.4) is 0 Å². The molecule has 2 heterocycles. The number of amides is 1. The number of amidine groups is 1. The maximum Gasteiger partial charge on any atom is 0.305 e. The molecule has 3 rings (SSSR count). The lowest BCUT2D eigenvalue weighted by Crippen LogP contribution is -2.33. The first-order chi connectivity index (χ1) is 12.1. The molecule has 2 aromatic rings. The first-order valence-electron chi connectivity index (χ1n) is 7.40. The number of rotatable bonds is 6. The number of carbonyl (C=O) groups is 2. The minimum absolute atomic E-state index is 0.273. The molecule has 25 heavy (non-hydrogen) atoms. The summed E-state index contributed by atoms with van der Waals surface area (Å²) in [5, 5.41) is 12.9. The molecule has 0 radical (unpaired) electrons. The molecule has 1 unspecified atom stereocenters. The average Bonchev–Trinajstić information content (AvgIpc) is 3.22. The highest BCUT2D eigenvalue weighted by atomic mass is 32.2. The molecule has 0 spiro atoms. The fourth-order valence-electron chi connectivity index (χ4n) is 2.27. The summed E-state index contributed by atoms with van der Waals surface area (Å²) in [5.41, 5.74) is 3.81. The van der Waals surface area contributed by atoms with Gasteiger partial charge in [-0.05, 0) is 24.3 Å². The lowest BCUT2D eigenvalue weighted by molar-refractivity contribution is -0.138. The Kier molecular flexibility index (Phi) is 4.90. The number of hydrazone groups is 1. The summed E-state index contributed by atoms with van der Waals surface area (Å²) in [5.74, 6) is -0.831. The summed E-state index contributed by atoms with van der Waals surface area (Å²) in [4.78, 5) is 25.0. The van der Waals surface area contributed by atoms with Gasteiger partial charge in [-0.15, -0.1) is 5.10 Å². The maximum absolute atomic E-state index is 12.6. The van der Waals surface area contributed by atoms with Crippen LogP contribution in [0.2, 0.25) is 0 Å². The van der Waals surface area contributed by atoms with Crippen LogP contribution in [0.15, 0.2) is 64.8 Å². The average molecular weight is 357 g/mol. The van der Waals surface area contributed by atoms with Crippen LogP contribution < -0.4 is 10.3 Å². The van der Waals surface area contributed by atoms with Crippen LogP contribution in [-0.4, -0.2) is 27.4 Å². The molecule has 1 aliphatic rings. The van der Waals surface area contributed by atoms with Crippen molar-refractivity contribution in [2.24, 2.45) is 5.10 Å². The van der Waals surface area contributed by atoms with E-state index in [0.717, 1.165) is 11.8 Å². The predicted molar refractivity (Wildman–Crippen MR) is 95.9 cm³/mol. The number of nitrogens with one attached hydrogen (secondary N) is 1. The molecular weight excluding hydrogens is 342 g/mol. The van der Waals surface area contributed by atoms with Crippen molar-refractivity contribution in [1.29, 1.82) is 0 Å². The number of thioether (sulfide) groups is 1. The number of anilines is 1. The zero-order valence-corrected chi connectivity index (χ0v) is 13.9. The van der Waals surface area contributed by atoms with E-state index in [4.69, 9.17) is 9.52 Å². The SMILES string of the molecule is C=C(NN=C1SC(CC(=O)O)C(=O)N1c1ccccc1)c1ccco1. The van der Waals surface area contributed by atoms with Crippen molar-refractivity contribution in [1.82, 2.24) is 5.43 Å². The van der Waals surface area contributed by atoms with Crippen LogP contribution in [0, 0.1) is 0 Å². The second-order valence-electron chi connectivity index (χ2n) is 5.18. The zero-order valence-electron chi connectivity index (χ0n) is 13.1. The van der Waals surface area contributed by atoms with E-state index in [2.05, 4.69) is 17.1 Å². The van der Waals surface area contributed by atoms with E-state index in [-0.39, 0.29) is 12.3 Å². The van der Waals surface area contributed by atoms with Crippen molar-refractivity contribution in [3.05, 3.63) is 61.1 Å². The minimum Gasteiger partial charge on any atom is -0.481 e. The van der Waals surface area contributed by atoms with Crippen molar-refractivity contribution in [3.8, 4) is 0 Å². The van der Waals surface area contributed by atoms with Crippen molar-refractivity contribution >= 4 is 40.2 Å². The highest BCUT2D eigenvalue weighted by Crippen LogP contribution is 2.33. The highest BCUT2D eigenvalue weighted by Gasteiger charge is 2.40. The largest absolute Gasteiger partial charge is 0.481 e. The van der Waals surface area contributed by atoms with Crippen LogP contribution in [-0.2, 0) is 9.59 Å². The molecule has 1 aromatic heterocycles. The standard InChI is InChI=1S/C17H15N3O4S/c1-11(13-8-5-9-24-13)18-19-17-20(12-6-3-2-4-7-12)16(23)14(25-17)10-15(21)22/h2-9,14,18H,1,10H2,(H,21,22). The zero-order chi connectivity index (χ0) is 17.8. The van der Waals surface area contributed by atoms with E-state index in [1.807, 2.05) is 6.07 Å². The van der Waals surface area contributed by atoms with E-state index >= 15 is 0 Å². The molecule has 128 valence electrons. The Morgan fingerprint density at radius 3 is 2.72 bits per heavy atom. The first-order valence-corrected chi connectivity index (χ1v) is 8.28. The van der Waals surface area contributed by atoms with E-state index in [9.17, 15) is 9.59 Å². The molecular formula is C17H15N3O4S. The van der Waals surface area contributed by atoms with Crippen molar-refractivity contribution < 1.29 is 19.1 Å². The predicted octanol–water partition coefficient (Wildman–Crippen LogP) is 2.73. The first kappa shape index (κ1) is 16.8. The smallest absolute Gasteiger partial charge is 0.305 e. The minimum atomic E-state index is -1.03. The van der Waals surface area contributed by atoms with E-state index in [0.29, 0.717) is 22.3 Å². The Balaban J connectivity index is 1.86.